The minimum absolute atomic E-state index is 0.0186. The van der Waals surface area contributed by atoms with Gasteiger partial charge in [-0.1, -0.05) is 0 Å². The van der Waals surface area contributed by atoms with E-state index in [-0.39, 0.29) is 17.1 Å². The molecule has 2 atom stereocenters. The van der Waals surface area contributed by atoms with Crippen molar-refractivity contribution in [2.45, 2.75) is 31.7 Å². The van der Waals surface area contributed by atoms with Crippen LogP contribution in [-0.4, -0.2) is 32.0 Å². The molecule has 0 aliphatic carbocycles. The molecule has 20 heavy (non-hydrogen) atoms. The van der Waals surface area contributed by atoms with Crippen LogP contribution >= 0.6 is 0 Å². The first-order chi connectivity index (χ1) is 9.31. The zero-order valence-electron chi connectivity index (χ0n) is 11.0. The standard InChI is InChI=1S/C14H15NO5/c1-14(2)12(18)10(17)9-11(20-14)7-5-6(16)3-4-8(7)15-13(9)19/h3-5,10,12,16-18H,1-2H3,(H,15,19)/t10-,12-/m0/s1. The lowest BCUT2D eigenvalue weighted by Gasteiger charge is -2.39. The van der Waals surface area contributed by atoms with Crippen LogP contribution in [0.3, 0.4) is 0 Å². The van der Waals surface area contributed by atoms with Crippen LogP contribution in [0.2, 0.25) is 0 Å². The van der Waals surface area contributed by atoms with Crippen molar-refractivity contribution in [2.24, 2.45) is 0 Å². The van der Waals surface area contributed by atoms with E-state index >= 15 is 0 Å². The topological polar surface area (TPSA) is 103 Å². The van der Waals surface area contributed by atoms with Crippen molar-refractivity contribution >= 4 is 10.9 Å². The maximum Gasteiger partial charge on any atom is 0.258 e. The second-order valence-corrected chi connectivity index (χ2v) is 5.52. The van der Waals surface area contributed by atoms with Crippen LogP contribution in [0.25, 0.3) is 10.9 Å². The molecule has 0 bridgehead atoms. The first-order valence-electron chi connectivity index (χ1n) is 6.25. The largest absolute Gasteiger partial charge is 0.508 e. The van der Waals surface area contributed by atoms with Gasteiger partial charge in [-0.15, -0.1) is 0 Å². The van der Waals surface area contributed by atoms with Gasteiger partial charge in [0.15, 0.2) is 0 Å². The summed E-state index contributed by atoms with van der Waals surface area (Å²) >= 11 is 0. The number of nitrogens with one attached hydrogen (secondary N) is 1. The molecule has 0 saturated carbocycles. The fraction of sp³-hybridized carbons (Fsp3) is 0.357. The minimum Gasteiger partial charge on any atom is -0.508 e. The number of benzene rings is 1. The van der Waals surface area contributed by atoms with Gasteiger partial charge >= 0.3 is 0 Å². The molecular formula is C14H15NO5. The minimum atomic E-state index is -1.34. The van der Waals surface area contributed by atoms with Crippen LogP contribution in [-0.2, 0) is 0 Å². The number of phenolic OH excluding ortho intramolecular Hbond substituents is 1. The van der Waals surface area contributed by atoms with Crippen molar-refractivity contribution in [3.63, 3.8) is 0 Å². The van der Waals surface area contributed by atoms with E-state index in [4.69, 9.17) is 4.74 Å². The molecule has 3 rings (SSSR count). The number of hydrogen-bond donors (Lipinski definition) is 4. The Bertz CT molecular complexity index is 749. The summed E-state index contributed by atoms with van der Waals surface area (Å²) in [5.74, 6) is 0.219. The van der Waals surface area contributed by atoms with Crippen LogP contribution < -0.4 is 10.3 Å². The smallest absolute Gasteiger partial charge is 0.258 e. The predicted molar refractivity (Wildman–Crippen MR) is 71.9 cm³/mol. The summed E-state index contributed by atoms with van der Waals surface area (Å²) in [5, 5.41) is 30.3. The molecule has 0 spiro atoms. The summed E-state index contributed by atoms with van der Waals surface area (Å²) in [5.41, 5.74) is -1.08. The average molecular weight is 277 g/mol. The third kappa shape index (κ3) is 1.69. The second-order valence-electron chi connectivity index (χ2n) is 5.52. The molecule has 1 aliphatic heterocycles. The van der Waals surface area contributed by atoms with Gasteiger partial charge in [0.1, 0.15) is 29.3 Å². The van der Waals surface area contributed by atoms with Crippen LogP contribution in [0.1, 0.15) is 25.5 Å². The summed E-state index contributed by atoms with van der Waals surface area (Å²) in [4.78, 5) is 14.7. The highest BCUT2D eigenvalue weighted by molar-refractivity contribution is 5.87. The molecule has 0 unspecified atom stereocenters. The molecule has 4 N–H and O–H groups in total. The van der Waals surface area contributed by atoms with Crippen molar-refractivity contribution in [3.8, 4) is 11.5 Å². The Hall–Kier alpha value is -2.05. The maximum atomic E-state index is 12.1. The Balaban J connectivity index is 2.40. The molecule has 6 heteroatoms. The quantitative estimate of drug-likeness (QED) is 0.570. The highest BCUT2D eigenvalue weighted by Gasteiger charge is 2.44. The Morgan fingerprint density at radius 1 is 1.30 bits per heavy atom. The highest BCUT2D eigenvalue weighted by atomic mass is 16.5. The molecule has 6 nitrogen and oxygen atoms in total. The van der Waals surface area contributed by atoms with E-state index in [0.717, 1.165) is 0 Å². The number of hydrogen-bond acceptors (Lipinski definition) is 5. The summed E-state index contributed by atoms with van der Waals surface area (Å²) < 4.78 is 5.71. The molecule has 1 aromatic carbocycles. The average Bonchev–Trinajstić information content (AvgIpc) is 2.36. The van der Waals surface area contributed by atoms with E-state index in [0.29, 0.717) is 10.9 Å². The molecule has 0 radical (unpaired) electrons. The third-order valence-corrected chi connectivity index (χ3v) is 3.66. The lowest BCUT2D eigenvalue weighted by atomic mass is 9.88. The number of phenols is 1. The highest BCUT2D eigenvalue weighted by Crippen LogP contribution is 2.41. The Labute approximate surface area is 114 Å². The number of fused-ring (bicyclic) bond motifs is 3. The van der Waals surface area contributed by atoms with Crippen LogP contribution in [0.4, 0.5) is 0 Å². The van der Waals surface area contributed by atoms with E-state index in [1.165, 1.54) is 12.1 Å². The van der Waals surface area contributed by atoms with Crippen molar-refractivity contribution in [1.82, 2.24) is 4.98 Å². The number of aromatic hydroxyl groups is 1. The molecule has 2 aromatic rings. The molecule has 1 aromatic heterocycles. The molecule has 0 saturated heterocycles. The number of aliphatic hydroxyl groups is 2. The van der Waals surface area contributed by atoms with Gasteiger partial charge in [-0.3, -0.25) is 4.79 Å². The number of rotatable bonds is 0. The van der Waals surface area contributed by atoms with Gasteiger partial charge in [-0.25, -0.2) is 0 Å². The Kier molecular flexibility index (Phi) is 2.57. The van der Waals surface area contributed by atoms with Crippen molar-refractivity contribution < 1.29 is 20.1 Å². The van der Waals surface area contributed by atoms with Crippen molar-refractivity contribution in [3.05, 3.63) is 34.1 Å². The number of ether oxygens (including phenoxy) is 1. The lowest BCUT2D eigenvalue weighted by Crippen LogP contribution is -2.50. The van der Waals surface area contributed by atoms with Crippen LogP contribution in [0, 0.1) is 0 Å². The van der Waals surface area contributed by atoms with E-state index in [1.807, 2.05) is 0 Å². The van der Waals surface area contributed by atoms with Gasteiger partial charge in [0.05, 0.1) is 11.1 Å². The van der Waals surface area contributed by atoms with Crippen LogP contribution in [0.15, 0.2) is 23.0 Å². The normalized spacial score (nSPS) is 24.2. The van der Waals surface area contributed by atoms with Gasteiger partial charge in [0, 0.05) is 5.39 Å². The summed E-state index contributed by atoms with van der Waals surface area (Å²) in [6.07, 6.45) is -2.56. The molecule has 0 fully saturated rings. The summed E-state index contributed by atoms with van der Waals surface area (Å²) in [7, 11) is 0. The number of pyridine rings is 1. The maximum absolute atomic E-state index is 12.1. The zero-order valence-corrected chi connectivity index (χ0v) is 11.0. The van der Waals surface area contributed by atoms with Crippen molar-refractivity contribution in [2.75, 3.05) is 0 Å². The van der Waals surface area contributed by atoms with Gasteiger partial charge in [0.25, 0.3) is 5.56 Å². The van der Waals surface area contributed by atoms with E-state index in [2.05, 4.69) is 4.98 Å². The molecule has 2 heterocycles. The molecule has 1 aliphatic rings. The Morgan fingerprint density at radius 2 is 2.00 bits per heavy atom. The number of aromatic amines is 1. The molecule has 106 valence electrons. The predicted octanol–water partition coefficient (Wildman–Crippen LogP) is 0.799. The van der Waals surface area contributed by atoms with Gasteiger partial charge in [0.2, 0.25) is 0 Å². The fourth-order valence-corrected chi connectivity index (χ4v) is 2.51. The lowest BCUT2D eigenvalue weighted by molar-refractivity contribution is -0.111. The van der Waals surface area contributed by atoms with E-state index in [1.54, 1.807) is 19.9 Å². The molecule has 0 amide bonds. The zero-order chi connectivity index (χ0) is 14.7. The number of H-pyrrole nitrogens is 1. The second kappa shape index (κ2) is 3.97. The summed E-state index contributed by atoms with van der Waals surface area (Å²) in [6, 6.07) is 4.45. The van der Waals surface area contributed by atoms with Gasteiger partial charge in [-0.2, -0.15) is 0 Å². The van der Waals surface area contributed by atoms with Crippen LogP contribution in [0.5, 0.6) is 11.5 Å². The van der Waals surface area contributed by atoms with Crippen molar-refractivity contribution in [1.29, 1.82) is 0 Å². The first-order valence-corrected chi connectivity index (χ1v) is 6.25. The number of aromatic nitrogens is 1. The number of aliphatic hydroxyl groups excluding tert-OH is 2. The monoisotopic (exact) mass is 277 g/mol. The fourth-order valence-electron chi connectivity index (χ4n) is 2.51. The Morgan fingerprint density at radius 3 is 2.70 bits per heavy atom. The molecular weight excluding hydrogens is 262 g/mol. The first kappa shape index (κ1) is 13.0. The van der Waals surface area contributed by atoms with Gasteiger partial charge in [-0.05, 0) is 32.0 Å². The SMILES string of the molecule is CC1(C)Oc2c(c(=O)[nH]c3ccc(O)cc23)[C@H](O)[C@@H]1O. The summed E-state index contributed by atoms with van der Waals surface area (Å²) in [6.45, 7) is 3.25. The third-order valence-electron chi connectivity index (χ3n) is 3.66. The van der Waals surface area contributed by atoms with E-state index in [9.17, 15) is 20.1 Å². The van der Waals surface area contributed by atoms with E-state index < -0.39 is 23.4 Å². The van der Waals surface area contributed by atoms with Gasteiger partial charge < -0.3 is 25.0 Å².